The number of nitrogens with one attached hydrogen (secondary N) is 1. The van der Waals surface area contributed by atoms with Crippen LogP contribution in [0.4, 0.5) is 5.69 Å². The Morgan fingerprint density at radius 3 is 2.30 bits per heavy atom. The first-order valence-corrected chi connectivity index (χ1v) is 9.79. The lowest BCUT2D eigenvalue weighted by Gasteiger charge is -2.30. The van der Waals surface area contributed by atoms with E-state index in [1.54, 1.807) is 49.5 Å². The summed E-state index contributed by atoms with van der Waals surface area (Å²) in [5.41, 5.74) is 1.20. The summed E-state index contributed by atoms with van der Waals surface area (Å²) in [6, 6.07) is 12.0. The molecule has 2 N–H and O–H groups in total. The minimum absolute atomic E-state index is 0.0396. The third kappa shape index (κ3) is 5.31. The zero-order valence-corrected chi connectivity index (χ0v) is 17.1. The van der Waals surface area contributed by atoms with Crippen LogP contribution in [0.1, 0.15) is 18.4 Å². The summed E-state index contributed by atoms with van der Waals surface area (Å²) in [5.74, 6) is 0.910. The van der Waals surface area contributed by atoms with Crippen LogP contribution in [-0.2, 0) is 9.59 Å². The van der Waals surface area contributed by atoms with Crippen molar-refractivity contribution >= 4 is 23.6 Å². The van der Waals surface area contributed by atoms with Gasteiger partial charge in [-0.25, -0.2) is 0 Å². The summed E-state index contributed by atoms with van der Waals surface area (Å²) in [5, 5.41) is 12.6. The fraction of sp³-hybridized carbons (Fsp3) is 0.304. The number of carbonyl (C=O) groups is 2. The van der Waals surface area contributed by atoms with Gasteiger partial charge in [0.15, 0.2) is 0 Å². The third-order valence-corrected chi connectivity index (χ3v) is 5.13. The van der Waals surface area contributed by atoms with Gasteiger partial charge in [0.05, 0.1) is 19.9 Å². The maximum Gasteiger partial charge on any atom is 0.246 e. The van der Waals surface area contributed by atoms with Crippen LogP contribution in [0.15, 0.2) is 48.5 Å². The lowest BCUT2D eigenvalue weighted by Crippen LogP contribution is -2.40. The second-order valence-corrected chi connectivity index (χ2v) is 7.09. The summed E-state index contributed by atoms with van der Waals surface area (Å²) >= 11 is 0. The van der Waals surface area contributed by atoms with Crippen molar-refractivity contribution < 1.29 is 24.2 Å². The zero-order valence-electron chi connectivity index (χ0n) is 17.1. The van der Waals surface area contributed by atoms with Crippen LogP contribution in [0.5, 0.6) is 17.2 Å². The van der Waals surface area contributed by atoms with E-state index in [2.05, 4.69) is 5.32 Å². The van der Waals surface area contributed by atoms with Crippen molar-refractivity contribution in [1.29, 1.82) is 0 Å². The first-order valence-electron chi connectivity index (χ1n) is 9.79. The lowest BCUT2D eigenvalue weighted by atomic mass is 9.95. The molecule has 0 aliphatic carbocycles. The molecular weight excluding hydrogens is 384 g/mol. The van der Waals surface area contributed by atoms with E-state index in [0.29, 0.717) is 43.1 Å². The van der Waals surface area contributed by atoms with Crippen molar-refractivity contribution in [3.05, 3.63) is 54.1 Å². The topological polar surface area (TPSA) is 88.1 Å². The van der Waals surface area contributed by atoms with Crippen LogP contribution >= 0.6 is 0 Å². The molecular formula is C23H26N2O5. The van der Waals surface area contributed by atoms with E-state index in [0.717, 1.165) is 5.56 Å². The lowest BCUT2D eigenvalue weighted by molar-refractivity contribution is -0.130. The van der Waals surface area contributed by atoms with Crippen molar-refractivity contribution in [2.45, 2.75) is 12.8 Å². The van der Waals surface area contributed by atoms with E-state index < -0.39 is 0 Å². The molecule has 0 unspecified atom stereocenters. The van der Waals surface area contributed by atoms with Crippen molar-refractivity contribution in [3.8, 4) is 17.2 Å². The molecule has 1 aliphatic rings. The smallest absolute Gasteiger partial charge is 0.246 e. The highest BCUT2D eigenvalue weighted by molar-refractivity contribution is 5.95. The number of piperidine rings is 1. The van der Waals surface area contributed by atoms with Gasteiger partial charge in [0.1, 0.15) is 17.2 Å². The number of ether oxygens (including phenoxy) is 2. The van der Waals surface area contributed by atoms with Gasteiger partial charge in [0.2, 0.25) is 11.8 Å². The van der Waals surface area contributed by atoms with Gasteiger partial charge in [0.25, 0.3) is 0 Å². The maximum absolute atomic E-state index is 12.5. The summed E-state index contributed by atoms with van der Waals surface area (Å²) in [7, 11) is 3.15. The molecule has 0 radical (unpaired) electrons. The molecule has 0 bridgehead atoms. The second-order valence-electron chi connectivity index (χ2n) is 7.09. The molecule has 2 amide bonds. The van der Waals surface area contributed by atoms with E-state index in [-0.39, 0.29) is 23.5 Å². The zero-order chi connectivity index (χ0) is 21.5. The van der Waals surface area contributed by atoms with Gasteiger partial charge in [-0.05, 0) is 48.7 Å². The number of anilines is 1. The molecule has 7 nitrogen and oxygen atoms in total. The van der Waals surface area contributed by atoms with Gasteiger partial charge in [-0.3, -0.25) is 9.59 Å². The van der Waals surface area contributed by atoms with Crippen LogP contribution in [0, 0.1) is 5.92 Å². The monoisotopic (exact) mass is 410 g/mol. The van der Waals surface area contributed by atoms with Crippen molar-refractivity contribution in [2.75, 3.05) is 32.6 Å². The van der Waals surface area contributed by atoms with Gasteiger partial charge in [-0.2, -0.15) is 0 Å². The van der Waals surface area contributed by atoms with Crippen LogP contribution in [0.2, 0.25) is 0 Å². The summed E-state index contributed by atoms with van der Waals surface area (Å²) in [4.78, 5) is 26.7. The third-order valence-electron chi connectivity index (χ3n) is 5.13. The number of likely N-dealkylation sites (tertiary alicyclic amines) is 1. The Morgan fingerprint density at radius 2 is 1.70 bits per heavy atom. The van der Waals surface area contributed by atoms with Crippen molar-refractivity contribution in [2.24, 2.45) is 5.92 Å². The standard InChI is InChI=1S/C23H26N2O5/c1-29-18-13-16(14-19(15-18)30-2)7-8-22(27)25-11-9-17(10-12-25)23(28)24-20-5-3-4-6-21(20)26/h3-8,13-15,17,26H,9-12H2,1-2H3,(H,24,28). The minimum Gasteiger partial charge on any atom is -0.506 e. The number of phenolic OH excluding ortho intramolecular Hbond substituents is 1. The number of methoxy groups -OCH3 is 2. The number of amides is 2. The van der Waals surface area contributed by atoms with Gasteiger partial charge in [-0.1, -0.05) is 12.1 Å². The summed E-state index contributed by atoms with van der Waals surface area (Å²) in [6.45, 7) is 1.01. The number of carbonyl (C=O) groups excluding carboxylic acids is 2. The number of para-hydroxylation sites is 2. The summed E-state index contributed by atoms with van der Waals surface area (Å²) < 4.78 is 10.5. The molecule has 7 heteroatoms. The van der Waals surface area contributed by atoms with E-state index >= 15 is 0 Å². The molecule has 1 heterocycles. The van der Waals surface area contributed by atoms with Gasteiger partial charge >= 0.3 is 0 Å². The number of hydrogen-bond acceptors (Lipinski definition) is 5. The Bertz CT molecular complexity index is 911. The van der Waals surface area contributed by atoms with Crippen LogP contribution < -0.4 is 14.8 Å². The molecule has 0 atom stereocenters. The Hall–Kier alpha value is -3.48. The molecule has 0 saturated carbocycles. The molecule has 1 aliphatic heterocycles. The van der Waals surface area contributed by atoms with Gasteiger partial charge in [-0.15, -0.1) is 0 Å². The predicted octanol–water partition coefficient (Wildman–Crippen LogP) is 3.30. The highest BCUT2D eigenvalue weighted by Crippen LogP contribution is 2.26. The maximum atomic E-state index is 12.5. The first kappa shape index (κ1) is 21.2. The van der Waals surface area contributed by atoms with Crippen LogP contribution in [-0.4, -0.2) is 49.1 Å². The van der Waals surface area contributed by atoms with Gasteiger partial charge in [0, 0.05) is 31.1 Å². The largest absolute Gasteiger partial charge is 0.506 e. The molecule has 158 valence electrons. The minimum atomic E-state index is -0.194. The predicted molar refractivity (Wildman–Crippen MR) is 115 cm³/mol. The molecule has 1 fully saturated rings. The Kier molecular flexibility index (Phi) is 6.95. The highest BCUT2D eigenvalue weighted by atomic mass is 16.5. The van der Waals surface area contributed by atoms with Crippen LogP contribution in [0.25, 0.3) is 6.08 Å². The van der Waals surface area contributed by atoms with Crippen LogP contribution in [0.3, 0.4) is 0 Å². The van der Waals surface area contributed by atoms with E-state index in [9.17, 15) is 14.7 Å². The van der Waals surface area contributed by atoms with E-state index in [1.807, 2.05) is 12.1 Å². The number of aromatic hydroxyl groups is 1. The fourth-order valence-corrected chi connectivity index (χ4v) is 3.37. The average molecular weight is 410 g/mol. The SMILES string of the molecule is COc1cc(C=CC(=O)N2CCC(C(=O)Nc3ccccc3O)CC2)cc(OC)c1. The van der Waals surface area contributed by atoms with Crippen molar-refractivity contribution in [1.82, 2.24) is 4.90 Å². The molecule has 2 aromatic carbocycles. The number of hydrogen-bond donors (Lipinski definition) is 2. The normalized spacial score (nSPS) is 14.5. The number of rotatable bonds is 6. The fourth-order valence-electron chi connectivity index (χ4n) is 3.37. The molecule has 2 aromatic rings. The molecule has 0 spiro atoms. The first-order chi connectivity index (χ1) is 14.5. The number of phenols is 1. The van der Waals surface area contributed by atoms with E-state index in [1.165, 1.54) is 12.1 Å². The molecule has 30 heavy (non-hydrogen) atoms. The van der Waals surface area contributed by atoms with E-state index in [4.69, 9.17) is 9.47 Å². The molecule has 3 rings (SSSR count). The Balaban J connectivity index is 1.54. The molecule has 1 saturated heterocycles. The number of nitrogens with zero attached hydrogens (tertiary/aromatic N) is 1. The van der Waals surface area contributed by atoms with Gasteiger partial charge < -0.3 is 24.8 Å². The van der Waals surface area contributed by atoms with Crippen molar-refractivity contribution in [3.63, 3.8) is 0 Å². The Labute approximate surface area is 175 Å². The average Bonchev–Trinajstić information content (AvgIpc) is 2.78. The molecule has 0 aromatic heterocycles. The second kappa shape index (κ2) is 9.82. The number of benzene rings is 2. The summed E-state index contributed by atoms with van der Waals surface area (Å²) in [6.07, 6.45) is 4.40. The Morgan fingerprint density at radius 1 is 1.07 bits per heavy atom. The highest BCUT2D eigenvalue weighted by Gasteiger charge is 2.27. The quantitative estimate of drug-likeness (QED) is 0.564.